The van der Waals surface area contributed by atoms with Gasteiger partial charge in [0.2, 0.25) is 0 Å². The molecule has 212 valence electrons. The molecule has 11 heteroatoms. The van der Waals surface area contributed by atoms with Crippen LogP contribution in [0.1, 0.15) is 14.6 Å². The number of thiophene rings is 6. The summed E-state index contributed by atoms with van der Waals surface area (Å²) in [4.78, 5) is 12.8. The molecular formula is C30H26O5S6. The van der Waals surface area contributed by atoms with Gasteiger partial charge in [0.25, 0.3) is 0 Å². The number of ether oxygens (including phenoxy) is 3. The van der Waals surface area contributed by atoms with Crippen molar-refractivity contribution < 1.29 is 24.4 Å². The average molecular weight is 659 g/mol. The Morgan fingerprint density at radius 1 is 0.585 bits per heavy atom. The lowest BCUT2D eigenvalue weighted by Gasteiger charge is -2.16. The Balaban J connectivity index is 0.000000152. The van der Waals surface area contributed by atoms with Crippen molar-refractivity contribution in [1.29, 1.82) is 0 Å². The normalized spacial score (nSPS) is 12.3. The van der Waals surface area contributed by atoms with E-state index in [1.807, 2.05) is 53.0 Å². The molecule has 1 aliphatic rings. The number of hydrogen-bond donors (Lipinski definition) is 2. The van der Waals surface area contributed by atoms with Gasteiger partial charge in [-0.15, -0.1) is 56.7 Å². The molecule has 41 heavy (non-hydrogen) atoms. The van der Waals surface area contributed by atoms with Crippen LogP contribution >= 0.6 is 68.0 Å². The molecule has 0 aromatic carbocycles. The second kappa shape index (κ2) is 12.8. The fourth-order valence-electron chi connectivity index (χ4n) is 4.18. The largest absolute Gasteiger partial charge is 0.487 e. The molecule has 0 amide bonds. The highest BCUT2D eigenvalue weighted by Gasteiger charge is 2.27. The lowest BCUT2D eigenvalue weighted by molar-refractivity contribution is 0.175. The van der Waals surface area contributed by atoms with E-state index in [1.54, 1.807) is 52.5 Å². The SMILES string of the molecule is COc1ccc(-c2sc(-c3ccc(CO)s3)c3c2OCCO3)s1.Cc1ccc(-c2ccc(-c3ccc(CO)s3)s2)s1. The molecular weight excluding hydrogens is 633 g/mol. The molecule has 0 saturated heterocycles. The Morgan fingerprint density at radius 2 is 1.07 bits per heavy atom. The molecule has 0 bridgehead atoms. The first kappa shape index (κ1) is 28.6. The molecule has 0 unspecified atom stereocenters. The Hall–Kier alpha value is -2.48. The molecule has 0 radical (unpaired) electrons. The quantitative estimate of drug-likeness (QED) is 0.179. The van der Waals surface area contributed by atoms with Crippen LogP contribution in [0.15, 0.2) is 60.7 Å². The lowest BCUT2D eigenvalue weighted by Crippen LogP contribution is -2.14. The molecule has 1 aliphatic heterocycles. The molecule has 0 spiro atoms. The minimum atomic E-state index is 0.0601. The van der Waals surface area contributed by atoms with E-state index in [4.69, 9.17) is 19.3 Å². The van der Waals surface area contributed by atoms with Crippen LogP contribution in [0.3, 0.4) is 0 Å². The van der Waals surface area contributed by atoms with Crippen LogP contribution < -0.4 is 14.2 Å². The van der Waals surface area contributed by atoms with Crippen LogP contribution in [0.5, 0.6) is 16.6 Å². The van der Waals surface area contributed by atoms with E-state index in [1.165, 1.54) is 24.4 Å². The van der Waals surface area contributed by atoms with E-state index < -0.39 is 0 Å². The van der Waals surface area contributed by atoms with E-state index in [-0.39, 0.29) is 13.2 Å². The number of rotatable bonds is 7. The van der Waals surface area contributed by atoms with Crippen molar-refractivity contribution in [1.82, 2.24) is 0 Å². The van der Waals surface area contributed by atoms with Crippen LogP contribution in [0.4, 0.5) is 0 Å². The van der Waals surface area contributed by atoms with Gasteiger partial charge in [0, 0.05) is 39.0 Å². The summed E-state index contributed by atoms with van der Waals surface area (Å²) in [5.41, 5.74) is 0. The second-order valence-electron chi connectivity index (χ2n) is 8.86. The van der Waals surface area contributed by atoms with Gasteiger partial charge in [-0.05, 0) is 67.6 Å². The van der Waals surface area contributed by atoms with Gasteiger partial charge in [0.1, 0.15) is 13.2 Å². The molecule has 0 fully saturated rings. The lowest BCUT2D eigenvalue weighted by atomic mass is 10.3. The Kier molecular flexibility index (Phi) is 8.94. The van der Waals surface area contributed by atoms with E-state index in [0.29, 0.717) is 13.2 Å². The summed E-state index contributed by atoms with van der Waals surface area (Å²) in [6, 6.07) is 20.8. The van der Waals surface area contributed by atoms with Crippen molar-refractivity contribution in [3.05, 3.63) is 75.3 Å². The molecule has 0 aliphatic carbocycles. The van der Waals surface area contributed by atoms with Gasteiger partial charge in [0.05, 0.1) is 35.0 Å². The number of fused-ring (bicyclic) bond motifs is 1. The first-order valence-corrected chi connectivity index (χ1v) is 17.6. The standard InChI is InChI=1S/C16H14O4S3.C14H12OS3/c1-18-12-5-4-11(22-12)16-14-13(19-6-7-20-14)15(23-16)10-3-2-9(8-17)21-10;1-9-2-4-11(16-9)13-6-7-14(18-13)12-5-3-10(8-15)17-12/h2-5,17H,6-8H2,1H3;2-7,15H,8H2,1H3. The van der Waals surface area contributed by atoms with E-state index >= 15 is 0 Å². The molecule has 7 rings (SSSR count). The zero-order chi connectivity index (χ0) is 28.3. The summed E-state index contributed by atoms with van der Waals surface area (Å²) in [6.45, 7) is 3.44. The maximum absolute atomic E-state index is 9.30. The Bertz CT molecular complexity index is 1680. The third-order valence-corrected chi connectivity index (χ3v) is 13.3. The smallest absolute Gasteiger partial charge is 0.181 e. The summed E-state index contributed by atoms with van der Waals surface area (Å²) < 4.78 is 17.1. The Labute approximate surface area is 262 Å². The monoisotopic (exact) mass is 658 g/mol. The molecule has 2 N–H and O–H groups in total. The summed E-state index contributed by atoms with van der Waals surface area (Å²) in [5, 5.41) is 19.3. The van der Waals surface area contributed by atoms with Crippen molar-refractivity contribution >= 4 is 68.0 Å². The average Bonchev–Trinajstić information content (AvgIpc) is 3.83. The highest BCUT2D eigenvalue weighted by atomic mass is 32.1. The van der Waals surface area contributed by atoms with Crippen molar-refractivity contribution in [2.75, 3.05) is 20.3 Å². The topological polar surface area (TPSA) is 68.2 Å². The number of hydrogen-bond acceptors (Lipinski definition) is 11. The maximum Gasteiger partial charge on any atom is 0.181 e. The number of methoxy groups -OCH3 is 1. The molecule has 5 nitrogen and oxygen atoms in total. The number of aliphatic hydroxyl groups excluding tert-OH is 2. The van der Waals surface area contributed by atoms with Gasteiger partial charge in [-0.1, -0.05) is 11.3 Å². The van der Waals surface area contributed by atoms with Crippen molar-refractivity contribution in [3.8, 4) is 55.6 Å². The van der Waals surface area contributed by atoms with Crippen LogP contribution in [0.2, 0.25) is 0 Å². The van der Waals surface area contributed by atoms with Crippen molar-refractivity contribution in [2.24, 2.45) is 0 Å². The number of aliphatic hydroxyl groups is 2. The van der Waals surface area contributed by atoms with Crippen molar-refractivity contribution in [2.45, 2.75) is 20.1 Å². The fourth-order valence-corrected chi connectivity index (χ4v) is 10.2. The van der Waals surface area contributed by atoms with Crippen LogP contribution in [0.25, 0.3) is 39.0 Å². The Morgan fingerprint density at radius 3 is 1.61 bits per heavy atom. The molecule has 6 aromatic rings. The minimum absolute atomic E-state index is 0.0601. The first-order valence-electron chi connectivity index (χ1n) is 12.7. The second-order valence-corrected chi connectivity index (χ2v) is 15.6. The van der Waals surface area contributed by atoms with Gasteiger partial charge < -0.3 is 24.4 Å². The highest BCUT2D eigenvalue weighted by Crippen LogP contribution is 2.56. The highest BCUT2D eigenvalue weighted by molar-refractivity contribution is 7.28. The molecule has 0 atom stereocenters. The fraction of sp³-hybridized carbons (Fsp3) is 0.200. The van der Waals surface area contributed by atoms with Gasteiger partial charge in [-0.3, -0.25) is 0 Å². The van der Waals surface area contributed by atoms with E-state index in [2.05, 4.69) is 37.3 Å². The third-order valence-electron chi connectivity index (χ3n) is 6.10. The predicted octanol–water partition coefficient (Wildman–Crippen LogP) is 9.48. The third kappa shape index (κ3) is 6.18. The van der Waals surface area contributed by atoms with Crippen molar-refractivity contribution in [3.63, 3.8) is 0 Å². The van der Waals surface area contributed by atoms with Crippen LogP contribution in [-0.2, 0) is 13.2 Å². The zero-order valence-corrected chi connectivity index (χ0v) is 27.1. The van der Waals surface area contributed by atoms with Gasteiger partial charge >= 0.3 is 0 Å². The summed E-state index contributed by atoms with van der Waals surface area (Å²) in [5.74, 6) is 1.63. The van der Waals surface area contributed by atoms with Crippen LogP contribution in [0, 0.1) is 6.92 Å². The predicted molar refractivity (Wildman–Crippen MR) is 176 cm³/mol. The molecule has 6 aromatic heterocycles. The van der Waals surface area contributed by atoms with E-state index in [9.17, 15) is 5.11 Å². The van der Waals surface area contributed by atoms with Crippen LogP contribution in [-0.4, -0.2) is 30.5 Å². The van der Waals surface area contributed by atoms with Gasteiger partial charge in [-0.25, -0.2) is 0 Å². The summed E-state index contributed by atoms with van der Waals surface area (Å²) >= 11 is 10.1. The summed E-state index contributed by atoms with van der Waals surface area (Å²) in [6.07, 6.45) is 0. The summed E-state index contributed by atoms with van der Waals surface area (Å²) in [7, 11) is 1.67. The number of aryl methyl sites for hydroxylation is 1. The maximum atomic E-state index is 9.30. The minimum Gasteiger partial charge on any atom is -0.487 e. The van der Waals surface area contributed by atoms with E-state index in [0.717, 1.165) is 45.8 Å². The van der Waals surface area contributed by atoms with Gasteiger partial charge in [0.15, 0.2) is 16.6 Å². The molecule has 0 saturated carbocycles. The van der Waals surface area contributed by atoms with Gasteiger partial charge in [-0.2, -0.15) is 0 Å². The first-order chi connectivity index (χ1) is 20.1. The zero-order valence-electron chi connectivity index (χ0n) is 22.2. The molecule has 7 heterocycles.